The molecule has 1 atom stereocenters. The Labute approximate surface area is 164 Å². The van der Waals surface area contributed by atoms with Crippen LogP contribution in [0.25, 0.3) is 0 Å². The van der Waals surface area contributed by atoms with E-state index >= 15 is 0 Å². The maximum Gasteiger partial charge on any atom is 0.229 e. The van der Waals surface area contributed by atoms with Crippen molar-refractivity contribution in [1.82, 2.24) is 0 Å². The minimum Gasteiger partial charge on any atom is -0.326 e. The topological polar surface area (TPSA) is 69.7 Å². The van der Waals surface area contributed by atoms with Gasteiger partial charge in [-0.3, -0.25) is 14.4 Å². The number of carbonyl (C=O) groups is 3. The zero-order valence-corrected chi connectivity index (χ0v) is 16.1. The lowest BCUT2D eigenvalue weighted by molar-refractivity contribution is -0.122. The summed E-state index contributed by atoms with van der Waals surface area (Å²) in [5, 5.41) is 2.94. The van der Waals surface area contributed by atoms with Crippen LogP contribution in [0.2, 0.25) is 0 Å². The molecule has 0 radical (unpaired) electrons. The third-order valence-electron chi connectivity index (χ3n) is 5.55. The Hall–Kier alpha value is -3.15. The second kappa shape index (κ2) is 7.11. The maximum absolute atomic E-state index is 12.7. The molecular formula is C22H23N3O3. The number of carbonyl (C=O) groups excluding carboxylic acids is 3. The van der Waals surface area contributed by atoms with Gasteiger partial charge >= 0.3 is 0 Å². The molecule has 2 aromatic carbocycles. The van der Waals surface area contributed by atoms with Crippen molar-refractivity contribution in [3.63, 3.8) is 0 Å². The van der Waals surface area contributed by atoms with Crippen LogP contribution in [0.4, 0.5) is 17.1 Å². The fourth-order valence-electron chi connectivity index (χ4n) is 3.96. The minimum atomic E-state index is -0.380. The van der Waals surface area contributed by atoms with E-state index in [0.29, 0.717) is 13.1 Å². The van der Waals surface area contributed by atoms with Crippen LogP contribution >= 0.6 is 0 Å². The highest BCUT2D eigenvalue weighted by atomic mass is 16.2. The molecule has 0 spiro atoms. The number of anilines is 3. The van der Waals surface area contributed by atoms with Crippen LogP contribution in [0.3, 0.4) is 0 Å². The summed E-state index contributed by atoms with van der Waals surface area (Å²) in [6, 6.07) is 13.3. The molecular weight excluding hydrogens is 354 g/mol. The van der Waals surface area contributed by atoms with Gasteiger partial charge in [-0.15, -0.1) is 0 Å². The Morgan fingerprint density at radius 1 is 1.14 bits per heavy atom. The summed E-state index contributed by atoms with van der Waals surface area (Å²) in [5.41, 5.74) is 4.54. The number of aryl methyl sites for hydroxylation is 1. The van der Waals surface area contributed by atoms with Crippen molar-refractivity contribution >= 4 is 34.8 Å². The van der Waals surface area contributed by atoms with E-state index in [-0.39, 0.29) is 30.1 Å². The smallest absolute Gasteiger partial charge is 0.229 e. The molecule has 2 aromatic rings. The molecule has 6 heteroatoms. The molecule has 2 aliphatic heterocycles. The first kappa shape index (κ1) is 18.2. The van der Waals surface area contributed by atoms with Crippen molar-refractivity contribution in [1.29, 1.82) is 0 Å². The van der Waals surface area contributed by atoms with Crippen LogP contribution in [0.15, 0.2) is 42.5 Å². The predicted octanol–water partition coefficient (Wildman–Crippen LogP) is 2.90. The lowest BCUT2D eigenvalue weighted by atomic mass is 10.1. The molecule has 6 nitrogen and oxygen atoms in total. The highest BCUT2D eigenvalue weighted by Gasteiger charge is 2.36. The predicted molar refractivity (Wildman–Crippen MR) is 108 cm³/mol. The number of hydrogen-bond acceptors (Lipinski definition) is 3. The zero-order chi connectivity index (χ0) is 19.8. The molecule has 2 aliphatic rings. The maximum atomic E-state index is 12.7. The Bertz CT molecular complexity index is 969. The number of para-hydroxylation sites is 1. The first-order chi connectivity index (χ1) is 13.4. The lowest BCUT2D eigenvalue weighted by Crippen LogP contribution is -2.28. The molecule has 0 saturated carbocycles. The van der Waals surface area contributed by atoms with Crippen LogP contribution in [-0.2, 0) is 20.8 Å². The Morgan fingerprint density at radius 3 is 2.68 bits per heavy atom. The molecule has 28 heavy (non-hydrogen) atoms. The highest BCUT2D eigenvalue weighted by molar-refractivity contribution is 6.04. The van der Waals surface area contributed by atoms with Gasteiger partial charge in [0, 0.05) is 43.5 Å². The lowest BCUT2D eigenvalue weighted by Gasteiger charge is -2.19. The Balaban J connectivity index is 1.49. The third kappa shape index (κ3) is 3.26. The van der Waals surface area contributed by atoms with Crippen LogP contribution < -0.4 is 15.1 Å². The Morgan fingerprint density at radius 2 is 1.93 bits per heavy atom. The molecule has 0 bridgehead atoms. The molecule has 0 aliphatic carbocycles. The van der Waals surface area contributed by atoms with E-state index < -0.39 is 0 Å². The summed E-state index contributed by atoms with van der Waals surface area (Å²) < 4.78 is 0. The van der Waals surface area contributed by atoms with E-state index in [2.05, 4.69) is 5.32 Å². The van der Waals surface area contributed by atoms with Gasteiger partial charge in [0.05, 0.1) is 5.92 Å². The van der Waals surface area contributed by atoms with E-state index in [1.807, 2.05) is 49.4 Å². The number of benzene rings is 2. The number of rotatable bonds is 3. The first-order valence-electron chi connectivity index (χ1n) is 9.52. The van der Waals surface area contributed by atoms with Gasteiger partial charge in [-0.2, -0.15) is 0 Å². The minimum absolute atomic E-state index is 0.0247. The molecule has 1 saturated heterocycles. The summed E-state index contributed by atoms with van der Waals surface area (Å²) in [5.74, 6) is -0.536. The largest absolute Gasteiger partial charge is 0.326 e. The SMILES string of the molecule is CC(=O)N1CCc2cc(N3CC(C(=O)Nc4ccccc4C)CC3=O)ccc21. The van der Waals surface area contributed by atoms with E-state index in [9.17, 15) is 14.4 Å². The van der Waals surface area contributed by atoms with Gasteiger partial charge in [0.25, 0.3) is 0 Å². The summed E-state index contributed by atoms with van der Waals surface area (Å²) in [6.07, 6.45) is 0.982. The van der Waals surface area contributed by atoms with Gasteiger partial charge in [-0.25, -0.2) is 0 Å². The average Bonchev–Trinajstić information content (AvgIpc) is 3.26. The summed E-state index contributed by atoms with van der Waals surface area (Å²) in [6.45, 7) is 4.54. The molecule has 4 rings (SSSR count). The van der Waals surface area contributed by atoms with Gasteiger partial charge in [-0.05, 0) is 48.7 Å². The molecule has 0 aromatic heterocycles. The number of amides is 3. The molecule has 3 amide bonds. The van der Waals surface area contributed by atoms with Gasteiger partial charge in [-0.1, -0.05) is 18.2 Å². The van der Waals surface area contributed by atoms with E-state index in [0.717, 1.165) is 34.6 Å². The quantitative estimate of drug-likeness (QED) is 0.894. The molecule has 144 valence electrons. The number of nitrogens with zero attached hydrogens (tertiary/aromatic N) is 2. The fraction of sp³-hybridized carbons (Fsp3) is 0.318. The first-order valence-corrected chi connectivity index (χ1v) is 9.52. The van der Waals surface area contributed by atoms with Crippen molar-refractivity contribution in [3.8, 4) is 0 Å². The van der Waals surface area contributed by atoms with Crippen molar-refractivity contribution in [2.75, 3.05) is 28.2 Å². The molecule has 1 N–H and O–H groups in total. The van der Waals surface area contributed by atoms with Crippen LogP contribution in [0.1, 0.15) is 24.5 Å². The van der Waals surface area contributed by atoms with Crippen molar-refractivity contribution in [3.05, 3.63) is 53.6 Å². The average molecular weight is 377 g/mol. The van der Waals surface area contributed by atoms with Crippen LogP contribution in [-0.4, -0.2) is 30.8 Å². The van der Waals surface area contributed by atoms with Crippen molar-refractivity contribution in [2.24, 2.45) is 5.92 Å². The zero-order valence-electron chi connectivity index (χ0n) is 16.1. The number of fused-ring (bicyclic) bond motifs is 1. The van der Waals surface area contributed by atoms with Gasteiger partial charge < -0.3 is 15.1 Å². The molecule has 1 fully saturated rings. The second-order valence-corrected chi connectivity index (χ2v) is 7.44. The normalized spacial score (nSPS) is 18.4. The molecule has 2 heterocycles. The Kier molecular flexibility index (Phi) is 4.63. The van der Waals surface area contributed by atoms with E-state index in [1.165, 1.54) is 0 Å². The monoisotopic (exact) mass is 377 g/mol. The van der Waals surface area contributed by atoms with Crippen molar-refractivity contribution < 1.29 is 14.4 Å². The molecule has 1 unspecified atom stereocenters. The highest BCUT2D eigenvalue weighted by Crippen LogP contribution is 2.34. The summed E-state index contributed by atoms with van der Waals surface area (Å²) >= 11 is 0. The van der Waals surface area contributed by atoms with Crippen LogP contribution in [0, 0.1) is 12.8 Å². The summed E-state index contributed by atoms with van der Waals surface area (Å²) in [4.78, 5) is 40.4. The van der Waals surface area contributed by atoms with Crippen molar-refractivity contribution in [2.45, 2.75) is 26.7 Å². The number of nitrogens with one attached hydrogen (secondary N) is 1. The van der Waals surface area contributed by atoms with Gasteiger partial charge in [0.1, 0.15) is 0 Å². The fourth-order valence-corrected chi connectivity index (χ4v) is 3.96. The third-order valence-corrected chi connectivity index (χ3v) is 5.55. The number of hydrogen-bond donors (Lipinski definition) is 1. The van der Waals surface area contributed by atoms with Crippen LogP contribution in [0.5, 0.6) is 0 Å². The second-order valence-electron chi connectivity index (χ2n) is 7.44. The standard InChI is InChI=1S/C22H23N3O3/c1-14-5-3-4-6-19(14)23-22(28)17-12-21(27)25(13-17)18-7-8-20-16(11-18)9-10-24(20)15(2)26/h3-8,11,17H,9-10,12-13H2,1-2H3,(H,23,28). The van der Waals surface area contributed by atoms with E-state index in [1.54, 1.807) is 16.7 Å². The van der Waals surface area contributed by atoms with Gasteiger partial charge in [0.15, 0.2) is 0 Å². The van der Waals surface area contributed by atoms with E-state index in [4.69, 9.17) is 0 Å². The summed E-state index contributed by atoms with van der Waals surface area (Å²) in [7, 11) is 0. The van der Waals surface area contributed by atoms with Gasteiger partial charge in [0.2, 0.25) is 17.7 Å².